The quantitative estimate of drug-likeness (QED) is 0.705. The Hall–Kier alpha value is -2.08. The van der Waals surface area contributed by atoms with Crippen LogP contribution in [0.25, 0.3) is 0 Å². The summed E-state index contributed by atoms with van der Waals surface area (Å²) in [6.45, 7) is 10.8. The van der Waals surface area contributed by atoms with Crippen molar-refractivity contribution in [3.63, 3.8) is 0 Å². The molecule has 1 unspecified atom stereocenters. The summed E-state index contributed by atoms with van der Waals surface area (Å²) in [6, 6.07) is 17.5. The van der Waals surface area contributed by atoms with Gasteiger partial charge >= 0.3 is 0 Å². The van der Waals surface area contributed by atoms with Gasteiger partial charge in [-0.25, -0.2) is 0 Å². The molecular weight excluding hydrogens is 388 g/mol. The fourth-order valence-electron chi connectivity index (χ4n) is 5.23. The summed E-state index contributed by atoms with van der Waals surface area (Å²) in [5, 5.41) is 0. The predicted molar refractivity (Wildman–Crippen MR) is 122 cm³/mol. The molecule has 2 aromatic carbocycles. The molecule has 2 aromatic rings. The van der Waals surface area contributed by atoms with Crippen LogP contribution in [0, 0.1) is 0 Å². The second kappa shape index (κ2) is 10.5. The first-order chi connectivity index (χ1) is 15.1. The van der Waals surface area contributed by atoms with Gasteiger partial charge in [0.1, 0.15) is 38.4 Å². The average molecular weight is 427 g/mol. The molecule has 2 fully saturated rings. The zero-order valence-corrected chi connectivity index (χ0v) is 19.2. The number of nitrogens with one attached hydrogen (secondary N) is 2. The molecule has 0 bridgehead atoms. The second-order valence-corrected chi connectivity index (χ2v) is 9.28. The third-order valence-corrected chi connectivity index (χ3v) is 6.75. The molecule has 0 aromatic heterocycles. The topological polar surface area (TPSA) is 36.6 Å². The molecule has 2 N–H and O–H groups in total. The van der Waals surface area contributed by atoms with Crippen LogP contribution in [0.15, 0.2) is 48.5 Å². The minimum atomic E-state index is 0.387. The van der Waals surface area contributed by atoms with E-state index in [4.69, 9.17) is 14.2 Å². The Bertz CT molecular complexity index is 811. The van der Waals surface area contributed by atoms with E-state index in [0.717, 1.165) is 42.7 Å². The molecule has 2 heterocycles. The van der Waals surface area contributed by atoms with Gasteiger partial charge in [0.25, 0.3) is 0 Å². The van der Waals surface area contributed by atoms with Crippen molar-refractivity contribution < 1.29 is 24.0 Å². The summed E-state index contributed by atoms with van der Waals surface area (Å²) in [6.07, 6.45) is 3.38. The van der Waals surface area contributed by atoms with Crippen molar-refractivity contribution in [1.29, 1.82) is 0 Å². The number of hydrogen-bond acceptors (Lipinski definition) is 3. The normalized spacial score (nSPS) is 28.8. The van der Waals surface area contributed by atoms with Gasteiger partial charge in [-0.15, -0.1) is 0 Å². The predicted octanol–water partition coefficient (Wildman–Crippen LogP) is 1.51. The Balaban J connectivity index is 1.32. The molecule has 2 aliphatic heterocycles. The number of quaternary nitrogens is 2. The number of methoxy groups -OCH3 is 1. The van der Waals surface area contributed by atoms with Crippen molar-refractivity contribution in [2.24, 2.45) is 0 Å². The molecule has 168 valence electrons. The second-order valence-electron chi connectivity index (χ2n) is 9.28. The molecule has 0 amide bonds. The maximum Gasteiger partial charge on any atom is 0.162 e. The molecule has 4 rings (SSSR count). The van der Waals surface area contributed by atoms with Crippen LogP contribution in [0.2, 0.25) is 0 Å². The lowest BCUT2D eigenvalue weighted by Gasteiger charge is -2.39. The number of ether oxygens (including phenoxy) is 3. The summed E-state index contributed by atoms with van der Waals surface area (Å²) in [4.78, 5) is 3.43. The summed E-state index contributed by atoms with van der Waals surface area (Å²) in [7, 11) is 1.70. The summed E-state index contributed by atoms with van der Waals surface area (Å²) >= 11 is 0. The first kappa shape index (κ1) is 22.1. The molecule has 3 atom stereocenters. The van der Waals surface area contributed by atoms with E-state index in [0.29, 0.717) is 18.8 Å². The van der Waals surface area contributed by atoms with Crippen molar-refractivity contribution in [1.82, 2.24) is 0 Å². The van der Waals surface area contributed by atoms with Gasteiger partial charge in [-0.3, -0.25) is 0 Å². The molecule has 5 heteroatoms. The Labute approximate surface area is 186 Å². The van der Waals surface area contributed by atoms with Crippen LogP contribution >= 0.6 is 0 Å². The van der Waals surface area contributed by atoms with Gasteiger partial charge in [0.05, 0.1) is 26.2 Å². The third kappa shape index (κ3) is 6.00. The zero-order valence-electron chi connectivity index (χ0n) is 19.2. The van der Waals surface area contributed by atoms with Crippen molar-refractivity contribution in [3.8, 4) is 11.5 Å². The number of piperidine rings is 1. The molecular formula is C26H38N2O3+2. The van der Waals surface area contributed by atoms with E-state index in [1.54, 1.807) is 16.9 Å². The number of benzene rings is 2. The molecule has 0 aliphatic carbocycles. The highest BCUT2D eigenvalue weighted by molar-refractivity contribution is 5.43. The lowest BCUT2D eigenvalue weighted by molar-refractivity contribution is -0.970. The minimum absolute atomic E-state index is 0.387. The highest BCUT2D eigenvalue weighted by Gasteiger charge is 2.35. The maximum absolute atomic E-state index is 6.11. The zero-order chi connectivity index (χ0) is 21.6. The van der Waals surface area contributed by atoms with Crippen LogP contribution in [0.1, 0.15) is 37.8 Å². The Morgan fingerprint density at radius 1 is 0.903 bits per heavy atom. The van der Waals surface area contributed by atoms with Crippen LogP contribution in [0.4, 0.5) is 0 Å². The van der Waals surface area contributed by atoms with Gasteiger partial charge in [-0.05, 0) is 37.6 Å². The van der Waals surface area contributed by atoms with Gasteiger partial charge < -0.3 is 24.0 Å². The van der Waals surface area contributed by atoms with Gasteiger partial charge in [0.15, 0.2) is 11.5 Å². The van der Waals surface area contributed by atoms with E-state index >= 15 is 0 Å². The Morgan fingerprint density at radius 3 is 2.29 bits per heavy atom. The van der Waals surface area contributed by atoms with E-state index in [-0.39, 0.29) is 0 Å². The monoisotopic (exact) mass is 426 g/mol. The van der Waals surface area contributed by atoms with Crippen LogP contribution in [0.5, 0.6) is 11.5 Å². The molecule has 31 heavy (non-hydrogen) atoms. The minimum Gasteiger partial charge on any atom is -0.493 e. The van der Waals surface area contributed by atoms with Gasteiger partial charge in [-0.1, -0.05) is 30.3 Å². The summed E-state index contributed by atoms with van der Waals surface area (Å²) in [5.74, 6) is 1.63. The average Bonchev–Trinajstić information content (AvgIpc) is 2.78. The third-order valence-electron chi connectivity index (χ3n) is 6.75. The fraction of sp³-hybridized carbons (Fsp3) is 0.538. The highest BCUT2D eigenvalue weighted by atomic mass is 16.5. The molecule has 0 saturated carbocycles. The first-order valence-corrected chi connectivity index (χ1v) is 11.8. The van der Waals surface area contributed by atoms with Crippen molar-refractivity contribution in [2.45, 2.75) is 58.1 Å². The Kier molecular flexibility index (Phi) is 7.49. The lowest BCUT2D eigenvalue weighted by Crippen LogP contribution is -3.22. The standard InChI is InChI=1S/C26H36N2O3/c1-20-16-28(17-21(2)31-20)24-11-13-27(14-12-24)18-23-9-10-25(29-3)26(15-23)30-19-22-7-5-4-6-8-22/h4-10,15,20-21,24H,11-14,16-19H2,1-3H3/p+2/t20-,21+. The van der Waals surface area contributed by atoms with E-state index in [9.17, 15) is 0 Å². The number of likely N-dealkylation sites (tertiary alicyclic amines) is 1. The largest absolute Gasteiger partial charge is 0.493 e. The summed E-state index contributed by atoms with van der Waals surface area (Å²) < 4.78 is 17.6. The van der Waals surface area contributed by atoms with E-state index < -0.39 is 0 Å². The maximum atomic E-state index is 6.11. The van der Waals surface area contributed by atoms with Crippen molar-refractivity contribution in [3.05, 3.63) is 59.7 Å². The highest BCUT2D eigenvalue weighted by Crippen LogP contribution is 2.28. The van der Waals surface area contributed by atoms with Crippen LogP contribution in [-0.4, -0.2) is 51.5 Å². The number of hydrogen-bond donors (Lipinski definition) is 2. The van der Waals surface area contributed by atoms with Gasteiger partial charge in [0, 0.05) is 18.4 Å². The number of rotatable bonds is 7. The van der Waals surface area contributed by atoms with Crippen LogP contribution < -0.4 is 19.3 Å². The molecule has 2 saturated heterocycles. The van der Waals surface area contributed by atoms with Crippen molar-refractivity contribution >= 4 is 0 Å². The lowest BCUT2D eigenvalue weighted by atomic mass is 10.0. The van der Waals surface area contributed by atoms with Gasteiger partial charge in [0.2, 0.25) is 0 Å². The fourth-order valence-corrected chi connectivity index (χ4v) is 5.23. The molecule has 0 radical (unpaired) electrons. The molecule has 5 nitrogen and oxygen atoms in total. The van der Waals surface area contributed by atoms with E-state index in [1.165, 1.54) is 31.5 Å². The van der Waals surface area contributed by atoms with Crippen LogP contribution in [-0.2, 0) is 17.9 Å². The number of morpholine rings is 1. The SMILES string of the molecule is COc1ccc(C[NH+]2CCC([NH+]3C[C@@H](C)O[C@@H](C)C3)CC2)cc1OCc1ccccc1. The van der Waals surface area contributed by atoms with E-state index in [1.807, 2.05) is 24.3 Å². The van der Waals surface area contributed by atoms with Crippen LogP contribution in [0.3, 0.4) is 0 Å². The van der Waals surface area contributed by atoms with Crippen molar-refractivity contribution in [2.75, 3.05) is 33.3 Å². The molecule has 2 aliphatic rings. The molecule has 0 spiro atoms. The Morgan fingerprint density at radius 2 is 1.61 bits per heavy atom. The van der Waals surface area contributed by atoms with Gasteiger partial charge in [-0.2, -0.15) is 0 Å². The smallest absolute Gasteiger partial charge is 0.162 e. The first-order valence-electron chi connectivity index (χ1n) is 11.8. The summed E-state index contributed by atoms with van der Waals surface area (Å²) in [5.41, 5.74) is 2.48. The van der Waals surface area contributed by atoms with E-state index in [2.05, 4.69) is 38.1 Å².